The lowest BCUT2D eigenvalue weighted by molar-refractivity contribution is -0.346. The van der Waals surface area contributed by atoms with E-state index in [0.29, 0.717) is 11.1 Å². The first-order valence-corrected chi connectivity index (χ1v) is 32.1. The van der Waals surface area contributed by atoms with Gasteiger partial charge in [-0.05, 0) is 84.2 Å². The Hall–Kier alpha value is -9.69. The van der Waals surface area contributed by atoms with Crippen LogP contribution in [0.25, 0.3) is 6.08 Å². The highest BCUT2D eigenvalue weighted by Crippen LogP contribution is 2.64. The summed E-state index contributed by atoms with van der Waals surface area (Å²) in [7, 11) is 0. The summed E-state index contributed by atoms with van der Waals surface area (Å²) in [4.78, 5) is 151. The minimum atomic E-state index is -2.42. The van der Waals surface area contributed by atoms with Gasteiger partial charge in [-0.1, -0.05) is 108 Å². The van der Waals surface area contributed by atoms with Gasteiger partial charge in [-0.3, -0.25) is 43.2 Å². The van der Waals surface area contributed by atoms with E-state index >= 15 is 14.4 Å². The molecule has 6 unspecified atom stereocenters. The van der Waals surface area contributed by atoms with Crippen LogP contribution in [0.3, 0.4) is 0 Å². The third kappa shape index (κ3) is 16.4. The molecule has 1 heterocycles. The van der Waals surface area contributed by atoms with Crippen molar-refractivity contribution in [2.45, 2.75) is 176 Å². The molecule has 25 heteroatoms. The largest absolute Gasteiger partial charge is 0.479 e. The van der Waals surface area contributed by atoms with Gasteiger partial charge in [0.05, 0.1) is 48.4 Å². The zero-order valence-corrected chi connectivity index (χ0v) is 57.4. The van der Waals surface area contributed by atoms with Crippen LogP contribution in [0.1, 0.15) is 142 Å². The van der Waals surface area contributed by atoms with Crippen LogP contribution < -0.4 is 24.3 Å². The molecule has 3 aliphatic carbocycles. The van der Waals surface area contributed by atoms with Gasteiger partial charge in [-0.25, -0.2) is 9.59 Å². The van der Waals surface area contributed by atoms with E-state index in [0.717, 1.165) is 41.5 Å². The maximum atomic E-state index is 15.9. The van der Waals surface area contributed by atoms with Crippen LogP contribution in [0.2, 0.25) is 0 Å². The Kier molecular flexibility index (Phi) is 22.9. The van der Waals surface area contributed by atoms with Gasteiger partial charge >= 0.3 is 47.8 Å². The molecular formula is C74H83NO24. The van der Waals surface area contributed by atoms with Crippen LogP contribution in [-0.2, 0) is 87.5 Å². The molecule has 4 aliphatic rings. The third-order valence-corrected chi connectivity index (χ3v) is 18.3. The van der Waals surface area contributed by atoms with Crippen LogP contribution in [0.5, 0.6) is 23.0 Å². The van der Waals surface area contributed by atoms with Gasteiger partial charge in [0.25, 0.3) is 0 Å². The Labute approximate surface area is 572 Å². The summed E-state index contributed by atoms with van der Waals surface area (Å²) in [5.74, 6) is -11.5. The number of allylic oxidation sites excluding steroid dienone is 1. The van der Waals surface area contributed by atoms with Gasteiger partial charge in [0.1, 0.15) is 23.6 Å². The number of esters is 8. The molecule has 1 saturated heterocycles. The molecule has 2 bridgehead atoms. The van der Waals surface area contributed by atoms with Gasteiger partial charge in [-0.15, -0.1) is 0 Å². The molecule has 0 spiro atoms. The fourth-order valence-corrected chi connectivity index (χ4v) is 13.4. The Morgan fingerprint density at radius 3 is 1.86 bits per heavy atom. The predicted octanol–water partition coefficient (Wildman–Crippen LogP) is 8.01. The second-order valence-corrected chi connectivity index (χ2v) is 26.8. The van der Waals surface area contributed by atoms with Crippen LogP contribution in [0.4, 0.5) is 0 Å². The molecule has 3 N–H and O–H groups in total. The highest BCUT2D eigenvalue weighted by Gasteiger charge is 2.78. The Morgan fingerprint density at radius 2 is 1.30 bits per heavy atom. The Morgan fingerprint density at radius 1 is 0.727 bits per heavy atom. The number of rotatable bonds is 24. The molecule has 4 aromatic carbocycles. The van der Waals surface area contributed by atoms with Crippen molar-refractivity contribution >= 4 is 71.3 Å². The van der Waals surface area contributed by atoms with E-state index in [9.17, 15) is 48.6 Å². The van der Waals surface area contributed by atoms with Crippen LogP contribution >= 0.6 is 0 Å². The zero-order valence-electron chi connectivity index (χ0n) is 57.4. The smallest absolute Gasteiger partial charge is 0.348 e. The SMILES string of the molecule is C=C(/C=C/c1ccc(OC(C)=O)c(OC(C)=O)c1)OC(Cc1ccc(OC(C)=O)c(OC(C)=O)c1)C(=O)OC(C(=O)CCO[C@H]1CC2(O)[C@@H](OC(=O)c3ccccc3)C3[C@]4(OC(C)=O)COC4C[C@H](O)[C@@]3(C)C(=O)[C@H](OC(C)=O)C(=C1C)C2(C)C)C(NC(=O)C(C)(C)C)c1ccccc1. The fraction of sp³-hybridized carbons (Fsp3) is 0.446. The van der Waals surface area contributed by atoms with Crippen LogP contribution in [-0.4, -0.2) is 143 Å². The van der Waals surface area contributed by atoms with E-state index < -0.39 is 173 Å². The maximum absolute atomic E-state index is 15.9. The molecule has 3 fully saturated rings. The third-order valence-electron chi connectivity index (χ3n) is 18.3. The minimum absolute atomic E-state index is 0.0159. The first-order valence-electron chi connectivity index (χ1n) is 32.1. The normalized spacial score (nSPS) is 24.6. The minimum Gasteiger partial charge on any atom is -0.479 e. The average molecular weight is 1370 g/mol. The number of hydrogen-bond donors (Lipinski definition) is 3. The van der Waals surface area contributed by atoms with Crippen molar-refractivity contribution in [2.24, 2.45) is 22.2 Å². The van der Waals surface area contributed by atoms with Crippen molar-refractivity contribution in [1.82, 2.24) is 5.32 Å². The van der Waals surface area contributed by atoms with E-state index in [2.05, 4.69) is 11.9 Å². The molecule has 8 rings (SSSR count). The number of hydrogen-bond acceptors (Lipinski definition) is 24. The van der Waals surface area contributed by atoms with E-state index in [4.69, 9.17) is 52.1 Å². The first kappa shape index (κ1) is 75.1. The van der Waals surface area contributed by atoms with Crippen molar-refractivity contribution < 1.29 is 115 Å². The molecule has 25 nitrogen and oxygen atoms in total. The number of ether oxygens (including phenoxy) is 11. The molecular weight excluding hydrogens is 1290 g/mol. The Bertz CT molecular complexity index is 3900. The van der Waals surface area contributed by atoms with Gasteiger partial charge < -0.3 is 67.6 Å². The summed E-state index contributed by atoms with van der Waals surface area (Å²) in [5.41, 5.74) is -8.01. The van der Waals surface area contributed by atoms with Gasteiger partial charge in [0.2, 0.25) is 5.91 Å². The van der Waals surface area contributed by atoms with Crippen molar-refractivity contribution in [3.8, 4) is 23.0 Å². The second kappa shape index (κ2) is 30.2. The van der Waals surface area contributed by atoms with E-state index in [1.54, 1.807) is 90.1 Å². The number of benzene rings is 4. The first-order chi connectivity index (χ1) is 46.4. The van der Waals surface area contributed by atoms with E-state index in [1.807, 2.05) is 0 Å². The highest BCUT2D eigenvalue weighted by atomic mass is 16.6. The van der Waals surface area contributed by atoms with E-state index in [1.165, 1.54) is 67.6 Å². The summed E-state index contributed by atoms with van der Waals surface area (Å²) in [6, 6.07) is 22.8. The average Bonchev–Trinajstić information content (AvgIpc) is 0.669. The number of ketones is 2. The molecule has 528 valence electrons. The standard InChI is InChI=1S/C74H83NO24/c1-39(25-26-47-27-29-52(92-41(3)76)54(33-47)94-43(5)78)91-56(35-48-28-30-53(93-42(4)77)55(34-48)95-44(6)79)68(86)97-62(61(49-21-17-15-18-22-49)75-69(87)70(9,10)11)51(82)31-32-89-57-37-74(88)66(98-67(85)50-23-19-16-20-24-50)64-72(14,58(83)36-59-73(64,38-90-59)99-46(8)81)65(84)63(96-45(7)80)60(40(57)2)71(74,12)13/h15-30,33-34,56-59,61-64,66,83,88H,1,31-32,35-38H2,2-14H3,(H,75,87)/b26-25+/t56?,57-,58-,59?,61?,62?,63+,64?,66-,72+,73-,74?/m0/s1. The van der Waals surface area contributed by atoms with Crippen molar-refractivity contribution in [3.63, 3.8) is 0 Å². The summed E-state index contributed by atoms with van der Waals surface area (Å²) in [6.07, 6.45) is -10.5. The summed E-state index contributed by atoms with van der Waals surface area (Å²) >= 11 is 0. The lowest BCUT2D eigenvalue weighted by Crippen LogP contribution is -2.82. The lowest BCUT2D eigenvalue weighted by Gasteiger charge is -2.67. The van der Waals surface area contributed by atoms with Crippen molar-refractivity contribution in [1.29, 1.82) is 0 Å². The number of aliphatic hydroxyl groups is 2. The fourth-order valence-electron chi connectivity index (χ4n) is 13.4. The number of Topliss-reactive ketones (excluding diaryl/α,β-unsaturated/α-hetero) is 2. The zero-order chi connectivity index (χ0) is 72.9. The quantitative estimate of drug-likeness (QED) is 0.0149. The van der Waals surface area contributed by atoms with E-state index in [-0.39, 0.29) is 64.1 Å². The van der Waals surface area contributed by atoms with Crippen molar-refractivity contribution in [3.05, 3.63) is 149 Å². The highest BCUT2D eigenvalue weighted by molar-refractivity contribution is 5.96. The maximum Gasteiger partial charge on any atom is 0.348 e. The molecule has 0 radical (unpaired) electrons. The molecule has 99 heavy (non-hydrogen) atoms. The molecule has 2 saturated carbocycles. The molecule has 4 aromatic rings. The van der Waals surface area contributed by atoms with Gasteiger partial charge in [0, 0.05) is 78.1 Å². The monoisotopic (exact) mass is 1370 g/mol. The Balaban J connectivity index is 1.21. The summed E-state index contributed by atoms with van der Waals surface area (Å²) in [5, 5.41) is 29.3. The number of aliphatic hydroxyl groups excluding tert-OH is 1. The lowest BCUT2D eigenvalue weighted by atomic mass is 9.44. The van der Waals surface area contributed by atoms with Crippen LogP contribution in [0, 0.1) is 22.2 Å². The predicted molar refractivity (Wildman–Crippen MR) is 350 cm³/mol. The molecule has 12 atom stereocenters. The molecule has 1 aliphatic heterocycles. The number of fused-ring (bicyclic) bond motifs is 5. The van der Waals surface area contributed by atoms with Gasteiger partial charge in [-0.2, -0.15) is 0 Å². The topological polar surface area (TPSA) is 342 Å². The summed E-state index contributed by atoms with van der Waals surface area (Å²) in [6.45, 7) is 20.8. The number of nitrogens with one attached hydrogen (secondary N) is 1. The second-order valence-electron chi connectivity index (χ2n) is 26.8. The number of amides is 1. The molecule has 0 aromatic heterocycles. The van der Waals surface area contributed by atoms with Crippen LogP contribution in [0.15, 0.2) is 127 Å². The van der Waals surface area contributed by atoms with Gasteiger partial charge in [0.15, 0.2) is 58.5 Å². The molecule has 1 amide bonds. The van der Waals surface area contributed by atoms with Crippen molar-refractivity contribution in [2.75, 3.05) is 13.2 Å². The summed E-state index contributed by atoms with van der Waals surface area (Å²) < 4.78 is 65.2. The number of carbonyl (C=O) groups excluding carboxylic acids is 11. The number of carbonyl (C=O) groups is 11.